The van der Waals surface area contributed by atoms with E-state index in [0.717, 1.165) is 34.4 Å². The number of aryl methyl sites for hydroxylation is 2. The molecule has 1 amide bonds. The molecule has 2 N–H and O–H groups in total. The average molecular weight is 570 g/mol. The van der Waals surface area contributed by atoms with Gasteiger partial charge in [-0.1, -0.05) is 37.1 Å². The number of hydrogen-bond acceptors (Lipinski definition) is 5. The van der Waals surface area contributed by atoms with Gasteiger partial charge in [0.2, 0.25) is 5.91 Å². The number of thiocarbonyl (C=S) groups is 1. The minimum absolute atomic E-state index is 0.174. The first-order valence-corrected chi connectivity index (χ1v) is 13.8. The number of halogens is 1. The van der Waals surface area contributed by atoms with Crippen LogP contribution in [0.2, 0.25) is 5.02 Å². The number of hydrogen-bond donors (Lipinski definition) is 2. The predicted octanol–water partition coefficient (Wildman–Crippen LogP) is 7.51. The SMILES string of the molecule is CCCCc1ccc(-n2nc3cc(C)c(NC(=S)NC(=O)C=Cc4ccc(-c5ccc(Cl)cc5)o4)cc3n2)cc1. The van der Waals surface area contributed by atoms with Gasteiger partial charge in [0.25, 0.3) is 0 Å². The van der Waals surface area contributed by atoms with Crippen molar-refractivity contribution in [3.05, 3.63) is 101 Å². The van der Waals surface area contributed by atoms with Crippen molar-refractivity contribution >= 4 is 57.6 Å². The highest BCUT2D eigenvalue weighted by molar-refractivity contribution is 7.80. The van der Waals surface area contributed by atoms with Crippen LogP contribution in [0.1, 0.15) is 36.7 Å². The Labute approximate surface area is 242 Å². The fourth-order valence-electron chi connectivity index (χ4n) is 4.17. The molecule has 2 aromatic heterocycles. The molecule has 40 heavy (non-hydrogen) atoms. The Morgan fingerprint density at radius 2 is 1.75 bits per heavy atom. The number of nitrogens with zero attached hydrogens (tertiary/aromatic N) is 3. The zero-order chi connectivity index (χ0) is 28.1. The van der Waals surface area contributed by atoms with E-state index in [0.29, 0.717) is 22.1 Å². The molecule has 5 rings (SSSR count). The molecule has 0 bridgehead atoms. The summed E-state index contributed by atoms with van der Waals surface area (Å²) in [5.41, 5.74) is 6.25. The molecule has 7 nitrogen and oxygen atoms in total. The summed E-state index contributed by atoms with van der Waals surface area (Å²) in [6, 6.07) is 23.1. The molecule has 0 spiro atoms. The van der Waals surface area contributed by atoms with E-state index in [-0.39, 0.29) is 11.0 Å². The fraction of sp³-hybridized carbons (Fsp3) is 0.161. The lowest BCUT2D eigenvalue weighted by atomic mass is 10.1. The Morgan fingerprint density at radius 3 is 2.48 bits per heavy atom. The molecular weight excluding hydrogens is 542 g/mol. The third kappa shape index (κ3) is 6.65. The second kappa shape index (κ2) is 12.3. The van der Waals surface area contributed by atoms with E-state index in [9.17, 15) is 4.79 Å². The molecule has 0 aliphatic heterocycles. The second-order valence-electron chi connectivity index (χ2n) is 9.40. The molecule has 0 saturated carbocycles. The number of amides is 1. The molecule has 3 aromatic carbocycles. The van der Waals surface area contributed by atoms with Crippen LogP contribution in [0.5, 0.6) is 0 Å². The third-order valence-electron chi connectivity index (χ3n) is 6.35. The van der Waals surface area contributed by atoms with Gasteiger partial charge in [0, 0.05) is 22.3 Å². The molecule has 0 unspecified atom stereocenters. The Hall–Kier alpha value is -4.27. The number of rotatable bonds is 8. The number of benzene rings is 3. The lowest BCUT2D eigenvalue weighted by Crippen LogP contribution is -2.33. The number of carbonyl (C=O) groups excluding carboxylic acids is 1. The minimum Gasteiger partial charge on any atom is -0.457 e. The van der Waals surface area contributed by atoms with Gasteiger partial charge in [0.05, 0.1) is 5.69 Å². The summed E-state index contributed by atoms with van der Waals surface area (Å²) in [7, 11) is 0. The molecule has 202 valence electrons. The van der Waals surface area contributed by atoms with E-state index in [2.05, 4.69) is 39.9 Å². The van der Waals surface area contributed by atoms with Crippen LogP contribution in [0.15, 0.2) is 83.3 Å². The van der Waals surface area contributed by atoms with Crippen molar-refractivity contribution in [2.24, 2.45) is 0 Å². The van der Waals surface area contributed by atoms with Crippen LogP contribution in [0, 0.1) is 6.92 Å². The average Bonchev–Trinajstić information content (AvgIpc) is 3.59. The van der Waals surface area contributed by atoms with E-state index < -0.39 is 0 Å². The van der Waals surface area contributed by atoms with Gasteiger partial charge in [-0.3, -0.25) is 10.1 Å². The van der Waals surface area contributed by atoms with E-state index in [1.807, 2.05) is 49.4 Å². The molecule has 0 atom stereocenters. The summed E-state index contributed by atoms with van der Waals surface area (Å²) in [5, 5.41) is 15.9. The van der Waals surface area contributed by atoms with Crippen molar-refractivity contribution < 1.29 is 9.21 Å². The van der Waals surface area contributed by atoms with Crippen molar-refractivity contribution in [2.45, 2.75) is 33.1 Å². The molecule has 0 saturated heterocycles. The quantitative estimate of drug-likeness (QED) is 0.148. The topological polar surface area (TPSA) is 85.0 Å². The number of furan rings is 1. The maximum Gasteiger partial charge on any atom is 0.250 e. The summed E-state index contributed by atoms with van der Waals surface area (Å²) >= 11 is 11.3. The number of fused-ring (bicyclic) bond motifs is 1. The first-order valence-electron chi connectivity index (χ1n) is 13.0. The zero-order valence-corrected chi connectivity index (χ0v) is 23.7. The largest absolute Gasteiger partial charge is 0.457 e. The number of carbonyl (C=O) groups is 1. The molecule has 2 heterocycles. The Bertz CT molecular complexity index is 1690. The maximum absolute atomic E-state index is 12.5. The van der Waals surface area contributed by atoms with Gasteiger partial charge < -0.3 is 9.73 Å². The van der Waals surface area contributed by atoms with Crippen LogP contribution in [0.3, 0.4) is 0 Å². The second-order valence-corrected chi connectivity index (χ2v) is 10.2. The molecule has 9 heteroatoms. The Kier molecular flexibility index (Phi) is 8.38. The van der Waals surface area contributed by atoms with Gasteiger partial charge in [-0.15, -0.1) is 10.2 Å². The van der Waals surface area contributed by atoms with Gasteiger partial charge in [-0.05, 0) is 110 Å². The van der Waals surface area contributed by atoms with E-state index in [4.69, 9.17) is 28.2 Å². The predicted molar refractivity (Wildman–Crippen MR) is 165 cm³/mol. The highest BCUT2D eigenvalue weighted by atomic mass is 35.5. The van der Waals surface area contributed by atoms with Gasteiger partial charge >= 0.3 is 0 Å². The molecule has 0 aliphatic carbocycles. The third-order valence-corrected chi connectivity index (χ3v) is 6.81. The van der Waals surface area contributed by atoms with Gasteiger partial charge in [-0.2, -0.15) is 4.80 Å². The van der Waals surface area contributed by atoms with Gasteiger partial charge in [0.15, 0.2) is 5.11 Å². The Balaban J connectivity index is 1.21. The number of unbranched alkanes of at least 4 members (excludes halogenated alkanes) is 1. The van der Waals surface area contributed by atoms with E-state index in [1.54, 1.807) is 29.1 Å². The summed E-state index contributed by atoms with van der Waals surface area (Å²) in [6.07, 6.45) is 6.37. The minimum atomic E-state index is -0.381. The van der Waals surface area contributed by atoms with Crippen LogP contribution >= 0.6 is 23.8 Å². The number of nitrogens with one attached hydrogen (secondary N) is 2. The summed E-state index contributed by atoms with van der Waals surface area (Å²) < 4.78 is 5.80. The number of aromatic nitrogens is 3. The van der Waals surface area contributed by atoms with Crippen molar-refractivity contribution in [1.82, 2.24) is 20.3 Å². The van der Waals surface area contributed by atoms with E-state index in [1.165, 1.54) is 24.5 Å². The van der Waals surface area contributed by atoms with Gasteiger partial charge in [0.1, 0.15) is 22.6 Å². The number of anilines is 1. The van der Waals surface area contributed by atoms with Crippen LogP contribution < -0.4 is 10.6 Å². The monoisotopic (exact) mass is 569 g/mol. The summed E-state index contributed by atoms with van der Waals surface area (Å²) in [6.45, 7) is 4.14. The van der Waals surface area contributed by atoms with Crippen LogP contribution in [-0.4, -0.2) is 26.0 Å². The fourth-order valence-corrected chi connectivity index (χ4v) is 4.51. The highest BCUT2D eigenvalue weighted by Gasteiger charge is 2.11. The van der Waals surface area contributed by atoms with Crippen LogP contribution in [-0.2, 0) is 11.2 Å². The molecule has 0 fully saturated rings. The van der Waals surface area contributed by atoms with Crippen molar-refractivity contribution in [1.29, 1.82) is 0 Å². The first kappa shape index (κ1) is 27.3. The van der Waals surface area contributed by atoms with E-state index >= 15 is 0 Å². The molecule has 0 radical (unpaired) electrons. The van der Waals surface area contributed by atoms with Crippen molar-refractivity contribution in [3.8, 4) is 17.0 Å². The van der Waals surface area contributed by atoms with Crippen LogP contribution in [0.4, 0.5) is 5.69 Å². The molecular formula is C31H28ClN5O2S. The highest BCUT2D eigenvalue weighted by Crippen LogP contribution is 2.25. The Morgan fingerprint density at radius 1 is 1.02 bits per heavy atom. The normalized spacial score (nSPS) is 11.3. The lowest BCUT2D eigenvalue weighted by molar-refractivity contribution is -0.115. The standard InChI is InChI=1S/C31H28ClN5O2S/c1-3-4-5-21-6-12-24(13-7-21)37-35-27-18-20(2)26(19-28(27)36-37)33-31(40)34-30(38)17-15-25-14-16-29(39-25)22-8-10-23(32)11-9-22/h6-19H,3-5H2,1-2H3,(H2,33,34,38,40). The smallest absolute Gasteiger partial charge is 0.250 e. The summed E-state index contributed by atoms with van der Waals surface area (Å²) in [5.74, 6) is 0.841. The first-order chi connectivity index (χ1) is 19.4. The van der Waals surface area contributed by atoms with Crippen LogP contribution in [0.25, 0.3) is 34.1 Å². The molecule has 5 aromatic rings. The van der Waals surface area contributed by atoms with Gasteiger partial charge in [-0.25, -0.2) is 0 Å². The molecule has 0 aliphatic rings. The maximum atomic E-state index is 12.5. The lowest BCUT2D eigenvalue weighted by Gasteiger charge is -2.10. The van der Waals surface area contributed by atoms with Crippen molar-refractivity contribution in [2.75, 3.05) is 5.32 Å². The van der Waals surface area contributed by atoms with Crippen molar-refractivity contribution in [3.63, 3.8) is 0 Å². The zero-order valence-electron chi connectivity index (χ0n) is 22.1. The summed E-state index contributed by atoms with van der Waals surface area (Å²) in [4.78, 5) is 14.1.